The predicted molar refractivity (Wildman–Crippen MR) is 123 cm³/mol. The van der Waals surface area contributed by atoms with Gasteiger partial charge in [-0.05, 0) is 25.1 Å². The van der Waals surface area contributed by atoms with Crippen LogP contribution in [0.4, 0.5) is 13.6 Å². The van der Waals surface area contributed by atoms with E-state index in [2.05, 4.69) is 10.3 Å². The number of ether oxygens (including phenoxy) is 3. The van der Waals surface area contributed by atoms with E-state index in [4.69, 9.17) is 14.2 Å². The number of aromatic nitrogens is 2. The van der Waals surface area contributed by atoms with Gasteiger partial charge < -0.3 is 28.8 Å². The molecule has 1 fully saturated rings. The van der Waals surface area contributed by atoms with Gasteiger partial charge in [0.1, 0.15) is 23.0 Å². The van der Waals surface area contributed by atoms with Gasteiger partial charge in [-0.25, -0.2) is 18.6 Å². The third-order valence-electron chi connectivity index (χ3n) is 6.20. The SMILES string of the molecule is CNC(=O)c1cc(F)c(-c2nc3cc(OC)ccn3c2CC2OCCN(C(=O)OC)[C@H]2C)c(F)c1. The van der Waals surface area contributed by atoms with Gasteiger partial charge >= 0.3 is 6.09 Å². The number of hydrogen-bond acceptors (Lipinski definition) is 6. The molecule has 2 amide bonds. The largest absolute Gasteiger partial charge is 0.497 e. The number of nitrogens with zero attached hydrogens (tertiary/aromatic N) is 3. The first-order valence-corrected chi connectivity index (χ1v) is 11.0. The molecule has 0 radical (unpaired) electrons. The lowest BCUT2D eigenvalue weighted by atomic mass is 9.99. The highest BCUT2D eigenvalue weighted by Gasteiger charge is 2.34. The van der Waals surface area contributed by atoms with Crippen molar-refractivity contribution in [2.75, 3.05) is 34.4 Å². The van der Waals surface area contributed by atoms with Gasteiger partial charge in [0.15, 0.2) is 0 Å². The maximum Gasteiger partial charge on any atom is 0.409 e. The number of methoxy groups -OCH3 is 2. The zero-order valence-corrected chi connectivity index (χ0v) is 19.8. The Morgan fingerprint density at radius 2 is 1.94 bits per heavy atom. The van der Waals surface area contributed by atoms with Crippen LogP contribution in [0.1, 0.15) is 23.0 Å². The predicted octanol–water partition coefficient (Wildman–Crippen LogP) is 3.05. The van der Waals surface area contributed by atoms with Gasteiger partial charge in [-0.15, -0.1) is 0 Å². The summed E-state index contributed by atoms with van der Waals surface area (Å²) in [6.07, 6.45) is 0.934. The molecule has 0 bridgehead atoms. The van der Waals surface area contributed by atoms with E-state index in [0.717, 1.165) is 12.1 Å². The molecule has 3 aromatic rings. The molecule has 1 saturated heterocycles. The minimum absolute atomic E-state index is 0.0719. The summed E-state index contributed by atoms with van der Waals surface area (Å²) in [5, 5.41) is 2.35. The molecule has 186 valence electrons. The van der Waals surface area contributed by atoms with Crippen LogP contribution >= 0.6 is 0 Å². The van der Waals surface area contributed by atoms with E-state index in [1.54, 1.807) is 27.6 Å². The molecule has 35 heavy (non-hydrogen) atoms. The molecule has 1 aromatic carbocycles. The van der Waals surface area contributed by atoms with Gasteiger partial charge in [-0.3, -0.25) is 4.79 Å². The molecule has 0 spiro atoms. The maximum atomic E-state index is 15.2. The fraction of sp³-hybridized carbons (Fsp3) is 0.375. The van der Waals surface area contributed by atoms with Crippen LogP contribution in [-0.2, 0) is 15.9 Å². The molecule has 1 aliphatic heterocycles. The van der Waals surface area contributed by atoms with Crippen molar-refractivity contribution in [3.05, 3.63) is 53.4 Å². The number of rotatable bonds is 5. The lowest BCUT2D eigenvalue weighted by Gasteiger charge is -2.38. The van der Waals surface area contributed by atoms with Crippen LogP contribution in [0.3, 0.4) is 0 Å². The van der Waals surface area contributed by atoms with E-state index in [0.29, 0.717) is 23.6 Å². The zero-order valence-electron chi connectivity index (χ0n) is 19.8. The summed E-state index contributed by atoms with van der Waals surface area (Å²) < 4.78 is 48.2. The van der Waals surface area contributed by atoms with Crippen molar-refractivity contribution in [3.63, 3.8) is 0 Å². The quantitative estimate of drug-likeness (QED) is 0.593. The Kier molecular flexibility index (Phi) is 6.88. The molecule has 4 rings (SSSR count). The number of carbonyl (C=O) groups is 2. The minimum Gasteiger partial charge on any atom is -0.497 e. The van der Waals surface area contributed by atoms with Gasteiger partial charge in [0.2, 0.25) is 0 Å². The van der Waals surface area contributed by atoms with Crippen LogP contribution < -0.4 is 10.1 Å². The number of halogens is 2. The molecule has 11 heteroatoms. The van der Waals surface area contributed by atoms with Crippen LogP contribution in [0.15, 0.2) is 30.5 Å². The fourth-order valence-corrected chi connectivity index (χ4v) is 4.31. The molecule has 2 aromatic heterocycles. The number of hydrogen-bond donors (Lipinski definition) is 1. The van der Waals surface area contributed by atoms with E-state index >= 15 is 8.78 Å². The zero-order chi connectivity index (χ0) is 25.3. The standard InChI is InChI=1S/C24H26F2N4O5/c1-13-19(35-8-7-29(13)24(32)34-4)12-18-22(28-20-11-15(33-3)5-6-30(18)20)21-16(25)9-14(10-17(21)26)23(31)27-2/h5-6,9-11,13,19H,7-8,12H2,1-4H3,(H,27,31)/t13-,19?/m0/s1. The first-order chi connectivity index (χ1) is 16.8. The summed E-state index contributed by atoms with van der Waals surface area (Å²) in [6, 6.07) is 4.94. The monoisotopic (exact) mass is 488 g/mol. The van der Waals surface area contributed by atoms with Crippen LogP contribution in [-0.4, -0.2) is 72.8 Å². The van der Waals surface area contributed by atoms with Crippen LogP contribution in [0, 0.1) is 11.6 Å². The molecule has 3 heterocycles. The number of morpholine rings is 1. The highest BCUT2D eigenvalue weighted by atomic mass is 19.1. The second-order valence-electron chi connectivity index (χ2n) is 8.11. The lowest BCUT2D eigenvalue weighted by molar-refractivity contribution is -0.0571. The minimum atomic E-state index is -0.922. The van der Waals surface area contributed by atoms with E-state index < -0.39 is 29.7 Å². The van der Waals surface area contributed by atoms with Crippen molar-refractivity contribution in [1.82, 2.24) is 19.6 Å². The smallest absolute Gasteiger partial charge is 0.409 e. The molecule has 2 atom stereocenters. The Morgan fingerprint density at radius 3 is 2.57 bits per heavy atom. The van der Waals surface area contributed by atoms with Crippen molar-refractivity contribution in [2.45, 2.75) is 25.5 Å². The molecule has 1 unspecified atom stereocenters. The lowest BCUT2D eigenvalue weighted by Crippen LogP contribution is -2.53. The molecular weight excluding hydrogens is 462 g/mol. The molecule has 1 aliphatic rings. The maximum absolute atomic E-state index is 15.2. The second kappa shape index (κ2) is 9.87. The molecule has 1 N–H and O–H groups in total. The van der Waals surface area contributed by atoms with Gasteiger partial charge in [0.05, 0.1) is 49.9 Å². The van der Waals surface area contributed by atoms with Gasteiger partial charge in [-0.1, -0.05) is 0 Å². The first-order valence-electron chi connectivity index (χ1n) is 11.0. The molecule has 9 nitrogen and oxygen atoms in total. The van der Waals surface area contributed by atoms with E-state index in [1.807, 2.05) is 6.92 Å². The molecular formula is C24H26F2N4O5. The number of nitrogens with one attached hydrogen (secondary N) is 1. The fourth-order valence-electron chi connectivity index (χ4n) is 4.31. The third-order valence-corrected chi connectivity index (χ3v) is 6.20. The Labute approximate surface area is 200 Å². The molecule has 0 saturated carbocycles. The van der Waals surface area contributed by atoms with E-state index in [-0.39, 0.29) is 35.9 Å². The van der Waals surface area contributed by atoms with Crippen LogP contribution in [0.25, 0.3) is 16.9 Å². The van der Waals surface area contributed by atoms with Crippen molar-refractivity contribution in [2.24, 2.45) is 0 Å². The number of fused-ring (bicyclic) bond motifs is 1. The van der Waals surface area contributed by atoms with Crippen molar-refractivity contribution >= 4 is 17.6 Å². The normalized spacial score (nSPS) is 17.9. The number of imidazole rings is 1. The summed E-state index contributed by atoms with van der Waals surface area (Å²) in [5.41, 5.74) is 0.469. The topological polar surface area (TPSA) is 94.4 Å². The van der Waals surface area contributed by atoms with Gasteiger partial charge in [0.25, 0.3) is 5.91 Å². The average molecular weight is 488 g/mol. The Hall–Kier alpha value is -3.73. The number of amides is 2. The third kappa shape index (κ3) is 4.51. The van der Waals surface area contributed by atoms with Crippen molar-refractivity contribution in [1.29, 1.82) is 0 Å². The van der Waals surface area contributed by atoms with E-state index in [9.17, 15) is 9.59 Å². The average Bonchev–Trinajstić information content (AvgIpc) is 3.20. The Bertz CT molecular complexity index is 1260. The number of pyridine rings is 1. The summed E-state index contributed by atoms with van der Waals surface area (Å²) in [7, 11) is 4.19. The first kappa shape index (κ1) is 24.4. The van der Waals surface area contributed by atoms with E-state index in [1.165, 1.54) is 21.3 Å². The summed E-state index contributed by atoms with van der Waals surface area (Å²) in [4.78, 5) is 30.2. The van der Waals surface area contributed by atoms with Crippen molar-refractivity contribution in [3.8, 4) is 17.0 Å². The van der Waals surface area contributed by atoms with Crippen LogP contribution in [0.5, 0.6) is 5.75 Å². The Morgan fingerprint density at radius 1 is 1.23 bits per heavy atom. The molecule has 0 aliphatic carbocycles. The Balaban J connectivity index is 1.83. The highest BCUT2D eigenvalue weighted by Crippen LogP contribution is 2.33. The number of benzene rings is 1. The van der Waals surface area contributed by atoms with Crippen molar-refractivity contribution < 1.29 is 32.6 Å². The summed E-state index contributed by atoms with van der Waals surface area (Å²) in [6.45, 7) is 2.48. The highest BCUT2D eigenvalue weighted by molar-refractivity contribution is 5.94. The van der Waals surface area contributed by atoms with Gasteiger partial charge in [-0.2, -0.15) is 0 Å². The summed E-state index contributed by atoms with van der Waals surface area (Å²) in [5.74, 6) is -1.93. The van der Waals surface area contributed by atoms with Gasteiger partial charge in [0, 0.05) is 37.8 Å². The van der Waals surface area contributed by atoms with Crippen LogP contribution in [0.2, 0.25) is 0 Å². The second-order valence-corrected chi connectivity index (χ2v) is 8.11. The number of carbonyl (C=O) groups excluding carboxylic acids is 2. The summed E-state index contributed by atoms with van der Waals surface area (Å²) >= 11 is 0.